The van der Waals surface area contributed by atoms with Gasteiger partial charge in [-0.3, -0.25) is 0 Å². The van der Waals surface area contributed by atoms with Gasteiger partial charge < -0.3 is 30.2 Å². The van der Waals surface area contributed by atoms with Crippen LogP contribution in [0.2, 0.25) is 0 Å². The predicted octanol–water partition coefficient (Wildman–Crippen LogP) is 5.09. The third-order valence-electron chi connectivity index (χ3n) is 5.63. The Morgan fingerprint density at radius 3 is 2.62 bits per heavy atom. The van der Waals surface area contributed by atoms with E-state index in [1.165, 1.54) is 16.8 Å². The summed E-state index contributed by atoms with van der Waals surface area (Å²) in [6.45, 7) is 9.19. The molecule has 1 aromatic carbocycles. The van der Waals surface area contributed by atoms with Crippen LogP contribution >= 0.6 is 0 Å². The van der Waals surface area contributed by atoms with Crippen LogP contribution in [0.5, 0.6) is 5.88 Å². The van der Waals surface area contributed by atoms with Gasteiger partial charge in [0.15, 0.2) is 11.5 Å². The molecule has 4 aromatic rings. The van der Waals surface area contributed by atoms with Crippen molar-refractivity contribution in [1.29, 1.82) is 0 Å². The third kappa shape index (κ3) is 8.05. The fraction of sp³-hybridized carbons (Fsp3) is 0.345. The van der Waals surface area contributed by atoms with Crippen LogP contribution in [0.25, 0.3) is 5.65 Å². The zero-order valence-electron chi connectivity index (χ0n) is 24.1. The molecular formula is C29H34FN7O5. The molecule has 4 rings (SSSR count). The van der Waals surface area contributed by atoms with E-state index in [1.54, 1.807) is 40.8 Å². The smallest absolute Gasteiger partial charge is 0.407 e. The van der Waals surface area contributed by atoms with Crippen molar-refractivity contribution in [1.82, 2.24) is 24.9 Å². The molecule has 3 heterocycles. The van der Waals surface area contributed by atoms with E-state index in [0.717, 1.165) is 11.9 Å². The number of pyridine rings is 1. The lowest BCUT2D eigenvalue weighted by Gasteiger charge is -2.21. The Hall–Kier alpha value is -4.94. The lowest BCUT2D eigenvalue weighted by molar-refractivity contribution is 0.0500. The highest BCUT2D eigenvalue weighted by atomic mass is 19.1. The van der Waals surface area contributed by atoms with Gasteiger partial charge in [-0.2, -0.15) is 5.10 Å². The number of nitrogens with one attached hydrogen (secondary N) is 3. The van der Waals surface area contributed by atoms with Crippen molar-refractivity contribution in [2.75, 3.05) is 23.8 Å². The number of benzene rings is 1. The monoisotopic (exact) mass is 579 g/mol. The number of para-hydroxylation sites is 1. The predicted molar refractivity (Wildman–Crippen MR) is 155 cm³/mol. The molecule has 0 aliphatic carbocycles. The average molecular weight is 580 g/mol. The lowest BCUT2D eigenvalue weighted by atomic mass is 10.2. The van der Waals surface area contributed by atoms with Crippen molar-refractivity contribution in [3.8, 4) is 5.88 Å². The maximum absolute atomic E-state index is 14.3. The summed E-state index contributed by atoms with van der Waals surface area (Å²) in [7, 11) is 0. The molecule has 3 N–H and O–H groups in total. The first kappa shape index (κ1) is 30.0. The number of esters is 1. The first-order valence-electron chi connectivity index (χ1n) is 13.4. The van der Waals surface area contributed by atoms with Gasteiger partial charge in [0.25, 0.3) is 0 Å². The summed E-state index contributed by atoms with van der Waals surface area (Å²) >= 11 is 0. The van der Waals surface area contributed by atoms with Crippen LogP contribution in [-0.4, -0.2) is 56.5 Å². The largest absolute Gasteiger partial charge is 0.473 e. The Labute approximate surface area is 242 Å². The molecule has 13 heteroatoms. The minimum atomic E-state index is -0.634. The minimum absolute atomic E-state index is 0.0713. The van der Waals surface area contributed by atoms with Crippen LogP contribution in [0.15, 0.2) is 55.0 Å². The second-order valence-electron chi connectivity index (χ2n) is 10.3. The van der Waals surface area contributed by atoms with Gasteiger partial charge in [0.1, 0.15) is 28.8 Å². The van der Waals surface area contributed by atoms with E-state index >= 15 is 0 Å². The van der Waals surface area contributed by atoms with Gasteiger partial charge in [-0.1, -0.05) is 18.2 Å². The minimum Gasteiger partial charge on any atom is -0.473 e. The molecule has 0 unspecified atom stereocenters. The Kier molecular flexibility index (Phi) is 9.40. The second kappa shape index (κ2) is 13.1. The maximum Gasteiger partial charge on any atom is 0.407 e. The summed E-state index contributed by atoms with van der Waals surface area (Å²) in [4.78, 5) is 33.3. The summed E-state index contributed by atoms with van der Waals surface area (Å²) in [6, 6.07) is 10.7. The number of anilines is 3. The summed E-state index contributed by atoms with van der Waals surface area (Å²) in [5.74, 6) is -0.552. The molecule has 0 bridgehead atoms. The number of fused-ring (bicyclic) bond motifs is 1. The third-order valence-corrected chi connectivity index (χ3v) is 5.63. The van der Waals surface area contributed by atoms with Gasteiger partial charge in [0.2, 0.25) is 5.88 Å². The van der Waals surface area contributed by atoms with Gasteiger partial charge >= 0.3 is 12.1 Å². The van der Waals surface area contributed by atoms with E-state index in [9.17, 15) is 14.0 Å². The zero-order chi connectivity index (χ0) is 30.3. The highest BCUT2D eigenvalue weighted by Crippen LogP contribution is 2.27. The van der Waals surface area contributed by atoms with Crippen molar-refractivity contribution in [2.24, 2.45) is 0 Å². The van der Waals surface area contributed by atoms with Gasteiger partial charge in [-0.25, -0.2) is 28.5 Å². The molecule has 0 radical (unpaired) electrons. The molecule has 0 saturated heterocycles. The summed E-state index contributed by atoms with van der Waals surface area (Å²) in [5.41, 5.74) is 1.60. The number of alkyl carbamates (subject to hydrolysis) is 1. The van der Waals surface area contributed by atoms with E-state index in [1.807, 2.05) is 30.3 Å². The normalized spacial score (nSPS) is 12.0. The topological polar surface area (TPSA) is 141 Å². The van der Waals surface area contributed by atoms with Crippen LogP contribution in [0.3, 0.4) is 0 Å². The molecule has 0 fully saturated rings. The van der Waals surface area contributed by atoms with Crippen molar-refractivity contribution in [3.05, 3.63) is 71.9 Å². The molecule has 12 nitrogen and oxygen atoms in total. The van der Waals surface area contributed by atoms with Crippen molar-refractivity contribution >= 4 is 34.9 Å². The molecule has 222 valence electrons. The quantitative estimate of drug-likeness (QED) is 0.206. The van der Waals surface area contributed by atoms with Gasteiger partial charge in [-0.15, -0.1) is 0 Å². The number of rotatable bonds is 11. The molecule has 0 saturated carbocycles. The number of nitrogens with zero attached hydrogens (tertiary/aromatic N) is 4. The number of hydrogen-bond acceptors (Lipinski definition) is 10. The molecule has 42 heavy (non-hydrogen) atoms. The van der Waals surface area contributed by atoms with E-state index in [2.05, 4.69) is 31.0 Å². The van der Waals surface area contributed by atoms with E-state index in [0.29, 0.717) is 17.1 Å². The molecule has 3 aromatic heterocycles. The van der Waals surface area contributed by atoms with Crippen LogP contribution in [0, 0.1) is 5.82 Å². The fourth-order valence-corrected chi connectivity index (χ4v) is 3.82. The molecule has 0 aliphatic heterocycles. The number of carbonyl (C=O) groups is 2. The molecule has 0 aliphatic rings. The molecule has 1 amide bonds. The van der Waals surface area contributed by atoms with E-state index < -0.39 is 29.6 Å². The zero-order valence-corrected chi connectivity index (χ0v) is 24.1. The molecule has 0 spiro atoms. The second-order valence-corrected chi connectivity index (χ2v) is 10.3. The van der Waals surface area contributed by atoms with Gasteiger partial charge in [-0.05, 0) is 52.8 Å². The first-order valence-corrected chi connectivity index (χ1v) is 13.4. The Morgan fingerprint density at radius 1 is 1.14 bits per heavy atom. The highest BCUT2D eigenvalue weighted by molar-refractivity contribution is 5.96. The van der Waals surface area contributed by atoms with Crippen LogP contribution in [0.4, 0.5) is 26.4 Å². The summed E-state index contributed by atoms with van der Waals surface area (Å²) in [5, 5.41) is 13.4. The summed E-state index contributed by atoms with van der Waals surface area (Å²) < 4.78 is 32.1. The van der Waals surface area contributed by atoms with Crippen LogP contribution in [-0.2, 0) is 16.0 Å². The van der Waals surface area contributed by atoms with Crippen molar-refractivity contribution in [3.63, 3.8) is 0 Å². The SMILES string of the molecule is CCOC(=O)c1cnn2cc(Nc3ccccc3)c(NCc3cc(F)cnc3O[C@@H](C)CNC(=O)OC(C)(C)C)nc12. The highest BCUT2D eigenvalue weighted by Gasteiger charge is 2.20. The molecular weight excluding hydrogens is 545 g/mol. The number of ether oxygens (including phenoxy) is 3. The number of carbonyl (C=O) groups excluding carboxylic acids is 2. The van der Waals surface area contributed by atoms with Gasteiger partial charge in [0, 0.05) is 17.8 Å². The number of aromatic nitrogens is 4. The number of amides is 1. The fourth-order valence-electron chi connectivity index (χ4n) is 3.82. The average Bonchev–Trinajstić information content (AvgIpc) is 3.34. The lowest BCUT2D eigenvalue weighted by Crippen LogP contribution is -2.37. The van der Waals surface area contributed by atoms with Gasteiger partial charge in [0.05, 0.1) is 31.7 Å². The number of hydrogen-bond donors (Lipinski definition) is 3. The van der Waals surface area contributed by atoms with Crippen LogP contribution in [0.1, 0.15) is 50.5 Å². The van der Waals surface area contributed by atoms with Crippen molar-refractivity contribution < 1.29 is 28.2 Å². The van der Waals surface area contributed by atoms with Crippen molar-refractivity contribution in [2.45, 2.75) is 52.9 Å². The Morgan fingerprint density at radius 2 is 1.90 bits per heavy atom. The molecule has 1 atom stereocenters. The standard InChI is InChI=1S/C29H34FN7O5/c1-6-40-27(38)22-16-34-37-17-23(35-21-10-8-7-9-11-21)24(36-25(22)37)31-14-19-12-20(30)15-32-26(19)41-18(2)13-33-28(39)42-29(3,4)5/h7-12,15-18,35H,6,13-14H2,1-5H3,(H,31,36)(H,33,39)/t18-/m0/s1. The summed E-state index contributed by atoms with van der Waals surface area (Å²) in [6.07, 6.45) is 3.06. The Balaban J connectivity index is 1.57. The maximum atomic E-state index is 14.3. The first-order chi connectivity index (χ1) is 20.0. The van der Waals surface area contributed by atoms with E-state index in [-0.39, 0.29) is 36.8 Å². The number of halogens is 1. The van der Waals surface area contributed by atoms with E-state index in [4.69, 9.17) is 14.2 Å². The Bertz CT molecular complexity index is 1540. The van der Waals surface area contributed by atoms with Crippen LogP contribution < -0.4 is 20.7 Å².